The van der Waals surface area contributed by atoms with Crippen LogP contribution in [0.1, 0.15) is 20.3 Å². The van der Waals surface area contributed by atoms with Crippen LogP contribution in [0, 0.1) is 0 Å². The Labute approximate surface area is 159 Å². The van der Waals surface area contributed by atoms with E-state index in [-0.39, 0.29) is 4.90 Å². The molecule has 1 aromatic carbocycles. The zero-order valence-corrected chi connectivity index (χ0v) is 16.2. The molecule has 0 bridgehead atoms. The van der Waals surface area contributed by atoms with Gasteiger partial charge < -0.3 is 14.8 Å². The summed E-state index contributed by atoms with van der Waals surface area (Å²) in [4.78, 5) is 23.7. The molecule has 1 saturated heterocycles. The Hall–Kier alpha value is -2.23. The Bertz CT molecular complexity index is 783. The molecule has 1 amide bonds. The molecule has 0 unspecified atom stereocenters. The monoisotopic (exact) mass is 396 g/mol. The third kappa shape index (κ3) is 5.88. The first-order valence-electron chi connectivity index (χ1n) is 8.70. The van der Waals surface area contributed by atoms with Crippen LogP contribution in [0.2, 0.25) is 0 Å². The van der Waals surface area contributed by atoms with Crippen molar-refractivity contribution in [1.82, 2.24) is 4.31 Å². The zero-order chi connectivity index (χ0) is 19.9. The molecule has 27 heavy (non-hydrogen) atoms. The van der Waals surface area contributed by atoms with Gasteiger partial charge in [-0.3, -0.25) is 4.79 Å². The number of ether oxygens (including phenoxy) is 2. The van der Waals surface area contributed by atoms with Crippen LogP contribution in [-0.2, 0) is 29.1 Å². The number of nitrogens with one attached hydrogen (secondary N) is 1. The maximum atomic E-state index is 12.6. The summed E-state index contributed by atoms with van der Waals surface area (Å²) in [6, 6.07) is 5.86. The van der Waals surface area contributed by atoms with Gasteiger partial charge in [0, 0.05) is 24.9 Å². The van der Waals surface area contributed by atoms with Gasteiger partial charge in [0.1, 0.15) is 0 Å². The van der Waals surface area contributed by atoms with Crippen LogP contribution in [-0.4, -0.2) is 57.0 Å². The number of allylic oxidation sites excluding steroid dienone is 1. The molecule has 8 nitrogen and oxygen atoms in total. The number of esters is 1. The van der Waals surface area contributed by atoms with E-state index >= 15 is 0 Å². The molecule has 0 saturated carbocycles. The van der Waals surface area contributed by atoms with E-state index in [1.165, 1.54) is 41.6 Å². The number of benzene rings is 1. The fourth-order valence-electron chi connectivity index (χ4n) is 2.37. The van der Waals surface area contributed by atoms with Crippen molar-refractivity contribution in [3.8, 4) is 0 Å². The minimum Gasteiger partial charge on any atom is -0.449 e. The van der Waals surface area contributed by atoms with Crippen LogP contribution in [0.25, 0.3) is 0 Å². The molecule has 0 spiro atoms. The van der Waals surface area contributed by atoms with Crippen molar-refractivity contribution in [3.05, 3.63) is 36.4 Å². The summed E-state index contributed by atoms with van der Waals surface area (Å²) in [5.74, 6) is -1.09. The van der Waals surface area contributed by atoms with E-state index in [0.717, 1.165) is 0 Å². The van der Waals surface area contributed by atoms with Gasteiger partial charge in [-0.05, 0) is 37.6 Å². The second-order valence-electron chi connectivity index (χ2n) is 5.92. The molecule has 148 valence electrons. The largest absolute Gasteiger partial charge is 0.449 e. The lowest BCUT2D eigenvalue weighted by molar-refractivity contribution is -0.148. The number of amides is 1. The van der Waals surface area contributed by atoms with Gasteiger partial charge in [0.2, 0.25) is 10.0 Å². The number of sulfonamides is 1. The van der Waals surface area contributed by atoms with E-state index in [1.54, 1.807) is 6.08 Å². The van der Waals surface area contributed by atoms with Crippen molar-refractivity contribution >= 4 is 27.6 Å². The highest BCUT2D eigenvalue weighted by atomic mass is 32.2. The van der Waals surface area contributed by atoms with E-state index < -0.39 is 28.0 Å². The molecular weight excluding hydrogens is 372 g/mol. The van der Waals surface area contributed by atoms with E-state index in [9.17, 15) is 18.0 Å². The molecule has 1 aliphatic rings. The number of nitrogens with zero attached hydrogens (tertiary/aromatic N) is 1. The number of carbonyl (C=O) groups excluding carboxylic acids is 2. The summed E-state index contributed by atoms with van der Waals surface area (Å²) in [7, 11) is -3.58. The number of rotatable bonds is 7. The predicted molar refractivity (Wildman–Crippen MR) is 99.6 cm³/mol. The number of hydrogen-bond donors (Lipinski definition) is 1. The van der Waals surface area contributed by atoms with Crippen LogP contribution < -0.4 is 5.32 Å². The van der Waals surface area contributed by atoms with E-state index in [1.807, 2.05) is 6.92 Å². The number of anilines is 1. The maximum absolute atomic E-state index is 12.6. The fraction of sp³-hybridized carbons (Fsp3) is 0.444. The first-order valence-corrected chi connectivity index (χ1v) is 10.1. The van der Waals surface area contributed by atoms with Gasteiger partial charge >= 0.3 is 5.97 Å². The Morgan fingerprint density at radius 2 is 1.89 bits per heavy atom. The lowest BCUT2D eigenvalue weighted by Gasteiger charge is -2.26. The molecule has 2 rings (SSSR count). The van der Waals surface area contributed by atoms with Crippen molar-refractivity contribution in [1.29, 1.82) is 0 Å². The molecule has 1 fully saturated rings. The molecule has 1 atom stereocenters. The average molecular weight is 396 g/mol. The smallest absolute Gasteiger partial charge is 0.331 e. The molecule has 1 heterocycles. The normalized spacial score (nSPS) is 16.8. The van der Waals surface area contributed by atoms with E-state index in [2.05, 4.69) is 5.32 Å². The second-order valence-corrected chi connectivity index (χ2v) is 7.86. The van der Waals surface area contributed by atoms with Gasteiger partial charge in [-0.2, -0.15) is 4.31 Å². The molecule has 0 radical (unpaired) electrons. The lowest BCUT2D eigenvalue weighted by Crippen LogP contribution is -2.40. The van der Waals surface area contributed by atoms with Crippen molar-refractivity contribution in [2.24, 2.45) is 0 Å². The van der Waals surface area contributed by atoms with Gasteiger partial charge in [0.05, 0.1) is 18.1 Å². The molecule has 1 N–H and O–H groups in total. The van der Waals surface area contributed by atoms with Gasteiger partial charge in [-0.1, -0.05) is 13.0 Å². The topological polar surface area (TPSA) is 102 Å². The van der Waals surface area contributed by atoms with Crippen molar-refractivity contribution in [2.75, 3.05) is 31.6 Å². The highest BCUT2D eigenvalue weighted by molar-refractivity contribution is 7.89. The summed E-state index contributed by atoms with van der Waals surface area (Å²) in [5.41, 5.74) is 0.410. The minimum absolute atomic E-state index is 0.145. The SMILES string of the molecule is CC/C=C/C(=O)O[C@@H](C)C(=O)Nc1ccc(S(=O)(=O)N2CCOCC2)cc1. The number of carbonyl (C=O) groups is 2. The summed E-state index contributed by atoms with van der Waals surface area (Å²) in [6.45, 7) is 4.72. The zero-order valence-electron chi connectivity index (χ0n) is 15.4. The van der Waals surface area contributed by atoms with Gasteiger partial charge in [0.25, 0.3) is 5.91 Å². The molecule has 0 aromatic heterocycles. The summed E-state index contributed by atoms with van der Waals surface area (Å²) in [6.07, 6.45) is 2.63. The van der Waals surface area contributed by atoms with Crippen LogP contribution in [0.3, 0.4) is 0 Å². The fourth-order valence-corrected chi connectivity index (χ4v) is 3.78. The highest BCUT2D eigenvalue weighted by Gasteiger charge is 2.26. The predicted octanol–water partition coefficient (Wildman–Crippen LogP) is 1.54. The Balaban J connectivity index is 1.97. The molecule has 9 heteroatoms. The first-order chi connectivity index (χ1) is 12.8. The molecule has 1 aromatic rings. The van der Waals surface area contributed by atoms with Crippen molar-refractivity contribution in [2.45, 2.75) is 31.3 Å². The van der Waals surface area contributed by atoms with Crippen LogP contribution in [0.15, 0.2) is 41.3 Å². The quantitative estimate of drug-likeness (QED) is 0.554. The van der Waals surface area contributed by atoms with Crippen LogP contribution in [0.5, 0.6) is 0 Å². The molecule has 0 aliphatic carbocycles. The highest BCUT2D eigenvalue weighted by Crippen LogP contribution is 2.19. The van der Waals surface area contributed by atoms with E-state index in [4.69, 9.17) is 9.47 Å². The number of morpholine rings is 1. The Morgan fingerprint density at radius 1 is 1.26 bits per heavy atom. The summed E-state index contributed by atoms with van der Waals surface area (Å²) >= 11 is 0. The third-order valence-electron chi connectivity index (χ3n) is 3.88. The lowest BCUT2D eigenvalue weighted by atomic mass is 10.3. The standard InChI is InChI=1S/C18H24N2O6S/c1-3-4-5-17(21)26-14(2)18(22)19-15-6-8-16(9-7-15)27(23,24)20-10-12-25-13-11-20/h4-9,14H,3,10-13H2,1-2H3,(H,19,22)/b5-4+/t14-/m0/s1. The van der Waals surface area contributed by atoms with Crippen molar-refractivity contribution < 1.29 is 27.5 Å². The van der Waals surface area contributed by atoms with Crippen molar-refractivity contribution in [3.63, 3.8) is 0 Å². The van der Waals surface area contributed by atoms with E-state index in [0.29, 0.717) is 38.4 Å². The maximum Gasteiger partial charge on any atom is 0.331 e. The van der Waals surface area contributed by atoms with Crippen LogP contribution >= 0.6 is 0 Å². The van der Waals surface area contributed by atoms with Crippen LogP contribution in [0.4, 0.5) is 5.69 Å². The van der Waals surface area contributed by atoms with Gasteiger partial charge in [0.15, 0.2) is 6.10 Å². The number of hydrogen-bond acceptors (Lipinski definition) is 6. The Morgan fingerprint density at radius 3 is 2.48 bits per heavy atom. The molecule has 1 aliphatic heterocycles. The third-order valence-corrected chi connectivity index (χ3v) is 5.79. The summed E-state index contributed by atoms with van der Waals surface area (Å²) < 4.78 is 36.6. The first kappa shape index (κ1) is 21.1. The second kappa shape index (κ2) is 9.63. The average Bonchev–Trinajstić information content (AvgIpc) is 2.67. The summed E-state index contributed by atoms with van der Waals surface area (Å²) in [5, 5.41) is 2.59. The van der Waals surface area contributed by atoms with Gasteiger partial charge in [-0.25, -0.2) is 13.2 Å². The minimum atomic E-state index is -3.58. The molecular formula is C18H24N2O6S. The van der Waals surface area contributed by atoms with Gasteiger partial charge in [-0.15, -0.1) is 0 Å². The Kier molecular flexibility index (Phi) is 7.52.